The van der Waals surface area contributed by atoms with Crippen molar-refractivity contribution in [3.8, 4) is 33.8 Å². The minimum Gasteiger partial charge on any atom is -0.458 e. The van der Waals surface area contributed by atoms with E-state index in [-0.39, 0.29) is 6.71 Å². The second-order valence-corrected chi connectivity index (χ2v) is 14.7. The van der Waals surface area contributed by atoms with E-state index < -0.39 is 10.0 Å². The van der Waals surface area contributed by atoms with E-state index in [0.29, 0.717) is 0 Å². The molecule has 7 aromatic rings. The molecule has 9 rings (SSSR count). The Labute approximate surface area is 266 Å². The zero-order valence-electron chi connectivity index (χ0n) is 24.6. The highest BCUT2D eigenvalue weighted by molar-refractivity contribution is 8.34. The second kappa shape index (κ2) is 10.4. The molecule has 0 spiro atoms. The Morgan fingerprint density at radius 2 is 0.933 bits per heavy atom. The number of hydrogen-bond acceptors (Lipinski definition) is 1. The van der Waals surface area contributed by atoms with Gasteiger partial charge in [0.05, 0.1) is 0 Å². The van der Waals surface area contributed by atoms with Crippen LogP contribution >= 0.6 is 10.0 Å². The number of benzene rings is 7. The van der Waals surface area contributed by atoms with Crippen molar-refractivity contribution in [3.05, 3.63) is 176 Å². The Balaban J connectivity index is 1.41. The molecule has 2 aliphatic heterocycles. The fourth-order valence-electron chi connectivity index (χ4n) is 7.32. The fraction of sp³-hybridized carbons (Fsp3) is 0. The lowest BCUT2D eigenvalue weighted by atomic mass is 9.35. The standard InChI is InChI=1S/C42H29BOS/c1-4-15-30(16-5-1)31-17-14-18-32(27-31)33-28-39-42-41(29-33)45(34-19-6-2-7-20-34,35-21-8-3-9-22-35)40-26-13-11-24-37(40)43(42)36-23-10-12-25-38(36)44-39/h1-29H. The van der Waals surface area contributed by atoms with E-state index in [0.717, 1.165) is 11.5 Å². The summed E-state index contributed by atoms with van der Waals surface area (Å²) < 4.78 is 6.89. The molecular weight excluding hydrogens is 563 g/mol. The topological polar surface area (TPSA) is 9.23 Å². The highest BCUT2D eigenvalue weighted by Gasteiger charge is 2.48. The first kappa shape index (κ1) is 26.2. The van der Waals surface area contributed by atoms with Crippen molar-refractivity contribution in [2.45, 2.75) is 19.6 Å². The third kappa shape index (κ3) is 3.98. The summed E-state index contributed by atoms with van der Waals surface area (Å²) in [5, 5.41) is 0. The second-order valence-electron chi connectivity index (χ2n) is 11.7. The van der Waals surface area contributed by atoms with Crippen LogP contribution in [0.1, 0.15) is 0 Å². The molecule has 0 N–H and O–H groups in total. The van der Waals surface area contributed by atoms with E-state index >= 15 is 0 Å². The van der Waals surface area contributed by atoms with Gasteiger partial charge in [0.25, 0.3) is 6.71 Å². The van der Waals surface area contributed by atoms with E-state index in [1.807, 2.05) is 0 Å². The van der Waals surface area contributed by atoms with Crippen LogP contribution in [0.15, 0.2) is 196 Å². The van der Waals surface area contributed by atoms with Crippen LogP contribution in [0, 0.1) is 0 Å². The largest absolute Gasteiger partial charge is 0.458 e. The summed E-state index contributed by atoms with van der Waals surface area (Å²) in [7, 11) is -1.88. The van der Waals surface area contributed by atoms with Crippen LogP contribution in [-0.4, -0.2) is 6.71 Å². The van der Waals surface area contributed by atoms with Crippen molar-refractivity contribution in [1.82, 2.24) is 0 Å². The van der Waals surface area contributed by atoms with Crippen LogP contribution in [0.3, 0.4) is 0 Å². The lowest BCUT2D eigenvalue weighted by Gasteiger charge is -2.50. The number of ether oxygens (including phenoxy) is 1. The van der Waals surface area contributed by atoms with Gasteiger partial charge in [-0.3, -0.25) is 0 Å². The molecular formula is C42H29BOS. The van der Waals surface area contributed by atoms with Crippen LogP contribution in [-0.2, 0) is 0 Å². The molecule has 0 fully saturated rings. The van der Waals surface area contributed by atoms with E-state index in [1.165, 1.54) is 58.2 Å². The van der Waals surface area contributed by atoms with Gasteiger partial charge in [-0.2, -0.15) is 0 Å². The third-order valence-corrected chi connectivity index (χ3v) is 13.2. The molecule has 3 heteroatoms. The molecule has 0 saturated carbocycles. The Morgan fingerprint density at radius 3 is 1.64 bits per heavy atom. The summed E-state index contributed by atoms with van der Waals surface area (Å²) in [6, 6.07) is 64.3. The molecule has 0 bridgehead atoms. The van der Waals surface area contributed by atoms with Gasteiger partial charge in [-0.25, -0.2) is 0 Å². The van der Waals surface area contributed by atoms with Gasteiger partial charge in [0.1, 0.15) is 11.5 Å². The molecule has 2 heterocycles. The van der Waals surface area contributed by atoms with Gasteiger partial charge in [-0.15, -0.1) is 10.0 Å². The summed E-state index contributed by atoms with van der Waals surface area (Å²) in [5.74, 6) is 1.89. The van der Waals surface area contributed by atoms with Crippen molar-refractivity contribution in [3.63, 3.8) is 0 Å². The van der Waals surface area contributed by atoms with Gasteiger partial charge in [0.2, 0.25) is 0 Å². The predicted molar refractivity (Wildman–Crippen MR) is 188 cm³/mol. The first-order valence-corrected chi connectivity index (χ1v) is 17.1. The first-order chi connectivity index (χ1) is 22.3. The Hall–Kier alpha value is -5.25. The van der Waals surface area contributed by atoms with Gasteiger partial charge in [-0.1, -0.05) is 127 Å². The van der Waals surface area contributed by atoms with E-state index in [2.05, 4.69) is 176 Å². The van der Waals surface area contributed by atoms with Crippen molar-refractivity contribution in [1.29, 1.82) is 0 Å². The van der Waals surface area contributed by atoms with Crippen LogP contribution < -0.4 is 21.1 Å². The summed E-state index contributed by atoms with van der Waals surface area (Å²) in [6.45, 7) is 0.0916. The van der Waals surface area contributed by atoms with E-state index in [9.17, 15) is 0 Å². The molecule has 1 nitrogen and oxygen atoms in total. The lowest BCUT2D eigenvalue weighted by Crippen LogP contribution is -2.59. The number of para-hydroxylation sites is 1. The van der Waals surface area contributed by atoms with Crippen LogP contribution in [0.2, 0.25) is 0 Å². The highest BCUT2D eigenvalue weighted by Crippen LogP contribution is 2.74. The van der Waals surface area contributed by atoms with Crippen molar-refractivity contribution < 1.29 is 4.74 Å². The minimum atomic E-state index is -1.88. The van der Waals surface area contributed by atoms with Crippen molar-refractivity contribution in [2.75, 3.05) is 0 Å². The summed E-state index contributed by atoms with van der Waals surface area (Å²) in [5.41, 5.74) is 8.66. The quantitative estimate of drug-likeness (QED) is 0.185. The average molecular weight is 593 g/mol. The molecule has 0 aliphatic carbocycles. The van der Waals surface area contributed by atoms with Crippen molar-refractivity contribution in [2.24, 2.45) is 0 Å². The molecule has 212 valence electrons. The third-order valence-electron chi connectivity index (χ3n) is 9.23. The zero-order valence-corrected chi connectivity index (χ0v) is 25.5. The molecule has 0 saturated heterocycles. The van der Waals surface area contributed by atoms with Crippen molar-refractivity contribution >= 4 is 33.1 Å². The molecule has 0 amide bonds. The molecule has 0 unspecified atom stereocenters. The minimum absolute atomic E-state index is 0.0916. The molecule has 0 radical (unpaired) electrons. The Morgan fingerprint density at radius 1 is 0.378 bits per heavy atom. The number of rotatable bonds is 4. The summed E-state index contributed by atoms with van der Waals surface area (Å²) >= 11 is 0. The predicted octanol–water partition coefficient (Wildman–Crippen LogP) is 9.30. The van der Waals surface area contributed by atoms with Gasteiger partial charge >= 0.3 is 0 Å². The SMILES string of the molecule is c1ccc(-c2cccc(-c3cc4c5c(c3)S(c3ccccc3)(c3ccccc3)c3ccccc3B5c3ccccc3O4)c2)cc1. The van der Waals surface area contributed by atoms with Crippen LogP contribution in [0.4, 0.5) is 0 Å². The molecule has 7 aromatic carbocycles. The maximum atomic E-state index is 6.89. The summed E-state index contributed by atoms with van der Waals surface area (Å²) in [6.07, 6.45) is 0. The zero-order chi connectivity index (χ0) is 29.8. The molecule has 0 aromatic heterocycles. The lowest BCUT2D eigenvalue weighted by molar-refractivity contribution is 0.486. The molecule has 2 aliphatic rings. The maximum absolute atomic E-state index is 6.89. The molecule has 45 heavy (non-hydrogen) atoms. The van der Waals surface area contributed by atoms with E-state index in [1.54, 1.807) is 0 Å². The normalized spacial score (nSPS) is 14.4. The van der Waals surface area contributed by atoms with Crippen LogP contribution in [0.5, 0.6) is 11.5 Å². The van der Waals surface area contributed by atoms with Gasteiger partial charge in [-0.05, 0) is 92.7 Å². The van der Waals surface area contributed by atoms with E-state index in [4.69, 9.17) is 4.74 Å². The van der Waals surface area contributed by atoms with Gasteiger partial charge in [0.15, 0.2) is 0 Å². The monoisotopic (exact) mass is 592 g/mol. The maximum Gasteiger partial charge on any atom is 0.253 e. The Kier molecular flexibility index (Phi) is 6.07. The average Bonchev–Trinajstić information content (AvgIpc) is 3.12. The van der Waals surface area contributed by atoms with Gasteiger partial charge < -0.3 is 4.74 Å². The number of hydrogen-bond donors (Lipinski definition) is 0. The smallest absolute Gasteiger partial charge is 0.253 e. The van der Waals surface area contributed by atoms with Crippen LogP contribution in [0.25, 0.3) is 22.3 Å². The fourth-order valence-corrected chi connectivity index (χ4v) is 11.6. The molecule has 0 atom stereocenters. The van der Waals surface area contributed by atoms with Gasteiger partial charge in [0, 0.05) is 14.7 Å². The first-order valence-electron chi connectivity index (χ1n) is 15.5. The highest BCUT2D eigenvalue weighted by atomic mass is 32.3. The summed E-state index contributed by atoms with van der Waals surface area (Å²) in [4.78, 5) is 5.42. The number of fused-ring (bicyclic) bond motifs is 4. The Bertz CT molecular complexity index is 2160.